The Labute approximate surface area is 200 Å². The molecular weight excluding hydrogens is 446 g/mol. The molecule has 0 saturated heterocycles. The van der Waals surface area contributed by atoms with Crippen molar-refractivity contribution in [2.45, 2.75) is 90.4 Å². The van der Waals surface area contributed by atoms with E-state index in [1.54, 1.807) is 6.92 Å². The summed E-state index contributed by atoms with van der Waals surface area (Å²) in [7, 11) is 0. The van der Waals surface area contributed by atoms with Crippen molar-refractivity contribution in [1.29, 1.82) is 0 Å². The van der Waals surface area contributed by atoms with E-state index in [4.69, 9.17) is 16.6 Å². The molecule has 5 unspecified atom stereocenters. The predicted octanol–water partition coefficient (Wildman–Crippen LogP) is -0.451. The van der Waals surface area contributed by atoms with Crippen molar-refractivity contribution >= 4 is 29.7 Å². The van der Waals surface area contributed by atoms with Gasteiger partial charge in [0.2, 0.25) is 17.7 Å². The highest BCUT2D eigenvalue weighted by Crippen LogP contribution is 2.12. The molecule has 196 valence electrons. The number of rotatable bonds is 17. The molecule has 0 aliphatic heterocycles. The van der Waals surface area contributed by atoms with Gasteiger partial charge in [0.05, 0.1) is 12.5 Å². The van der Waals surface area contributed by atoms with E-state index in [1.807, 2.05) is 20.8 Å². The van der Waals surface area contributed by atoms with Crippen LogP contribution in [0.25, 0.3) is 0 Å². The number of carboxylic acid groups (broad SMARTS) is 2. The van der Waals surface area contributed by atoms with Gasteiger partial charge in [-0.1, -0.05) is 34.1 Å². The summed E-state index contributed by atoms with van der Waals surface area (Å²) < 4.78 is 0. The molecule has 12 heteroatoms. The minimum absolute atomic E-state index is 0.0124. The number of hydrogen-bond acceptors (Lipinski definition) is 7. The standard InChI is InChI=1S/C22H41N5O7/c1-5-13(4)18(21(32)25-15(22(33)34)8-6-7-9-23)27-20(31)16(10-12(2)3)26-19(30)14(24)11-17(28)29/h12-16,18H,5-11,23-24H2,1-4H3,(H,25,32)(H,26,30)(H,27,31)(H,28,29)(H,33,34). The summed E-state index contributed by atoms with van der Waals surface area (Å²) >= 11 is 0. The summed E-state index contributed by atoms with van der Waals surface area (Å²) in [4.78, 5) is 60.7. The highest BCUT2D eigenvalue weighted by atomic mass is 16.4. The third kappa shape index (κ3) is 11.9. The van der Waals surface area contributed by atoms with Crippen LogP contribution in [0, 0.1) is 11.8 Å². The Kier molecular flexibility index (Phi) is 14.7. The fraction of sp³-hybridized carbons (Fsp3) is 0.773. The fourth-order valence-corrected chi connectivity index (χ4v) is 3.23. The molecule has 5 atom stereocenters. The number of carboxylic acids is 2. The van der Waals surface area contributed by atoms with Gasteiger partial charge in [-0.25, -0.2) is 4.79 Å². The number of carbonyl (C=O) groups is 5. The maximum absolute atomic E-state index is 13.0. The van der Waals surface area contributed by atoms with Crippen LogP contribution in [0.15, 0.2) is 0 Å². The normalized spacial score (nSPS) is 15.5. The van der Waals surface area contributed by atoms with Crippen molar-refractivity contribution in [2.24, 2.45) is 23.3 Å². The first-order valence-electron chi connectivity index (χ1n) is 11.6. The molecule has 3 amide bonds. The average molecular weight is 488 g/mol. The lowest BCUT2D eigenvalue weighted by Gasteiger charge is -2.28. The molecule has 0 saturated carbocycles. The van der Waals surface area contributed by atoms with Crippen LogP contribution in [0.4, 0.5) is 0 Å². The van der Waals surface area contributed by atoms with E-state index in [0.717, 1.165) is 0 Å². The second-order valence-electron chi connectivity index (χ2n) is 8.95. The summed E-state index contributed by atoms with van der Waals surface area (Å²) in [5, 5.41) is 25.9. The zero-order valence-corrected chi connectivity index (χ0v) is 20.5. The number of hydrogen-bond donors (Lipinski definition) is 7. The number of aliphatic carboxylic acids is 2. The number of nitrogens with one attached hydrogen (secondary N) is 3. The highest BCUT2D eigenvalue weighted by Gasteiger charge is 2.33. The number of unbranched alkanes of at least 4 members (excludes halogenated alkanes) is 1. The van der Waals surface area contributed by atoms with Gasteiger partial charge in [-0.2, -0.15) is 0 Å². The largest absolute Gasteiger partial charge is 0.481 e. The van der Waals surface area contributed by atoms with Gasteiger partial charge in [-0.3, -0.25) is 19.2 Å². The SMILES string of the molecule is CCC(C)C(NC(=O)C(CC(C)C)NC(=O)C(N)CC(=O)O)C(=O)NC(CCCCN)C(=O)O. The van der Waals surface area contributed by atoms with Crippen molar-refractivity contribution in [3.8, 4) is 0 Å². The number of nitrogens with two attached hydrogens (primary N) is 2. The van der Waals surface area contributed by atoms with Gasteiger partial charge in [-0.15, -0.1) is 0 Å². The molecule has 0 rings (SSSR count). The van der Waals surface area contributed by atoms with Crippen LogP contribution in [0.5, 0.6) is 0 Å². The Morgan fingerprint density at radius 2 is 1.44 bits per heavy atom. The first kappa shape index (κ1) is 31.3. The van der Waals surface area contributed by atoms with Crippen molar-refractivity contribution in [3.05, 3.63) is 0 Å². The fourth-order valence-electron chi connectivity index (χ4n) is 3.23. The minimum atomic E-state index is -1.33. The van der Waals surface area contributed by atoms with Crippen LogP contribution in [-0.2, 0) is 24.0 Å². The molecule has 9 N–H and O–H groups in total. The van der Waals surface area contributed by atoms with Crippen LogP contribution >= 0.6 is 0 Å². The van der Waals surface area contributed by atoms with E-state index in [9.17, 15) is 29.1 Å². The Hall–Kier alpha value is -2.73. The molecule has 0 radical (unpaired) electrons. The zero-order valence-electron chi connectivity index (χ0n) is 20.5. The lowest BCUT2D eigenvalue weighted by molar-refractivity contribution is -0.143. The van der Waals surface area contributed by atoms with Gasteiger partial charge in [0.25, 0.3) is 0 Å². The van der Waals surface area contributed by atoms with E-state index in [2.05, 4.69) is 16.0 Å². The van der Waals surface area contributed by atoms with Crippen molar-refractivity contribution < 1.29 is 34.2 Å². The van der Waals surface area contributed by atoms with Gasteiger partial charge >= 0.3 is 11.9 Å². The summed E-state index contributed by atoms with van der Waals surface area (Å²) in [5.41, 5.74) is 11.0. The van der Waals surface area contributed by atoms with Gasteiger partial charge in [0, 0.05) is 0 Å². The van der Waals surface area contributed by atoms with Crippen molar-refractivity contribution in [2.75, 3.05) is 6.54 Å². The molecular formula is C22H41N5O7. The molecule has 0 spiro atoms. The summed E-state index contributed by atoms with van der Waals surface area (Å²) in [6, 6.07) is -4.54. The summed E-state index contributed by atoms with van der Waals surface area (Å²) in [6.07, 6.45) is 1.49. The van der Waals surface area contributed by atoms with E-state index < -0.39 is 60.2 Å². The van der Waals surface area contributed by atoms with Crippen LogP contribution < -0.4 is 27.4 Å². The van der Waals surface area contributed by atoms with E-state index in [-0.39, 0.29) is 24.7 Å². The lowest BCUT2D eigenvalue weighted by atomic mass is 9.96. The second kappa shape index (κ2) is 16.0. The maximum Gasteiger partial charge on any atom is 0.326 e. The molecule has 12 nitrogen and oxygen atoms in total. The molecule has 0 aromatic carbocycles. The predicted molar refractivity (Wildman–Crippen MR) is 125 cm³/mol. The van der Waals surface area contributed by atoms with E-state index in [1.165, 1.54) is 0 Å². The first-order chi connectivity index (χ1) is 15.8. The van der Waals surface area contributed by atoms with Gasteiger partial charge in [-0.05, 0) is 44.1 Å². The zero-order chi connectivity index (χ0) is 26.4. The smallest absolute Gasteiger partial charge is 0.326 e. The quantitative estimate of drug-likeness (QED) is 0.132. The Balaban J connectivity index is 5.51. The molecule has 0 aromatic heterocycles. The van der Waals surface area contributed by atoms with Gasteiger partial charge in [0.15, 0.2) is 0 Å². The lowest BCUT2D eigenvalue weighted by Crippen LogP contribution is -2.59. The van der Waals surface area contributed by atoms with Crippen LogP contribution in [0.3, 0.4) is 0 Å². The van der Waals surface area contributed by atoms with Gasteiger partial charge < -0.3 is 37.6 Å². The summed E-state index contributed by atoms with van der Waals surface area (Å²) in [5.74, 6) is -4.84. The van der Waals surface area contributed by atoms with Crippen LogP contribution in [-0.4, -0.2) is 70.6 Å². The third-order valence-electron chi connectivity index (χ3n) is 5.43. The molecule has 0 aromatic rings. The number of carbonyl (C=O) groups excluding carboxylic acids is 3. The maximum atomic E-state index is 13.0. The third-order valence-corrected chi connectivity index (χ3v) is 5.43. The molecule has 0 aliphatic carbocycles. The number of amides is 3. The van der Waals surface area contributed by atoms with Crippen LogP contribution in [0.2, 0.25) is 0 Å². The average Bonchev–Trinajstić information content (AvgIpc) is 2.74. The van der Waals surface area contributed by atoms with Gasteiger partial charge in [0.1, 0.15) is 18.1 Å². The highest BCUT2D eigenvalue weighted by molar-refractivity contribution is 5.94. The van der Waals surface area contributed by atoms with Crippen LogP contribution in [0.1, 0.15) is 66.2 Å². The van der Waals surface area contributed by atoms with E-state index in [0.29, 0.717) is 25.8 Å². The first-order valence-corrected chi connectivity index (χ1v) is 11.6. The topological polar surface area (TPSA) is 214 Å². The Morgan fingerprint density at radius 3 is 1.91 bits per heavy atom. The minimum Gasteiger partial charge on any atom is -0.481 e. The second-order valence-corrected chi connectivity index (χ2v) is 8.95. The molecule has 0 aliphatic rings. The Morgan fingerprint density at radius 1 is 0.853 bits per heavy atom. The van der Waals surface area contributed by atoms with Crippen molar-refractivity contribution in [3.63, 3.8) is 0 Å². The molecule has 0 fully saturated rings. The summed E-state index contributed by atoms with van der Waals surface area (Å²) in [6.45, 7) is 7.65. The molecule has 0 heterocycles. The van der Waals surface area contributed by atoms with E-state index >= 15 is 0 Å². The Bertz CT molecular complexity index is 701. The van der Waals surface area contributed by atoms with Crippen molar-refractivity contribution in [1.82, 2.24) is 16.0 Å². The monoisotopic (exact) mass is 487 g/mol. The molecule has 34 heavy (non-hydrogen) atoms. The molecule has 0 bridgehead atoms.